The highest BCUT2D eigenvalue weighted by Gasteiger charge is 2.15. The van der Waals surface area contributed by atoms with Crippen molar-refractivity contribution in [3.63, 3.8) is 0 Å². The summed E-state index contributed by atoms with van der Waals surface area (Å²) in [6.07, 6.45) is 5.07. The van der Waals surface area contributed by atoms with Gasteiger partial charge in [-0.15, -0.1) is 0 Å². The number of carbonyl (C=O) groups excluding carboxylic acids is 1. The van der Waals surface area contributed by atoms with Gasteiger partial charge in [-0.3, -0.25) is 9.69 Å². The Morgan fingerprint density at radius 3 is 2.50 bits per heavy atom. The molecule has 168 valence electrons. The fourth-order valence-electron chi connectivity index (χ4n) is 3.92. The van der Waals surface area contributed by atoms with Crippen LogP contribution in [-0.2, 0) is 24.3 Å². The molecule has 1 aliphatic heterocycles. The lowest BCUT2D eigenvalue weighted by Gasteiger charge is -2.30. The molecular formula is C26H30ClN3O2. The Balaban J connectivity index is 1.19. The molecule has 2 aromatic carbocycles. The molecule has 1 amide bonds. The molecule has 2 heterocycles. The molecule has 32 heavy (non-hydrogen) atoms. The highest BCUT2D eigenvalue weighted by atomic mass is 35.5. The first-order valence-electron chi connectivity index (χ1n) is 11.3. The lowest BCUT2D eigenvalue weighted by molar-refractivity contribution is -0.121. The molecule has 3 aromatic rings. The van der Waals surface area contributed by atoms with Crippen LogP contribution in [0.15, 0.2) is 59.1 Å². The van der Waals surface area contributed by atoms with Crippen molar-refractivity contribution in [2.45, 2.75) is 45.7 Å². The maximum atomic E-state index is 12.3. The van der Waals surface area contributed by atoms with E-state index in [0.717, 1.165) is 23.6 Å². The van der Waals surface area contributed by atoms with Gasteiger partial charge in [0.15, 0.2) is 11.7 Å². The number of aromatic nitrogens is 1. The van der Waals surface area contributed by atoms with E-state index in [1.807, 2.05) is 24.3 Å². The maximum Gasteiger partial charge on any atom is 0.220 e. The number of hydrogen-bond acceptors (Lipinski definition) is 4. The Kier molecular flexibility index (Phi) is 7.61. The molecule has 0 aliphatic carbocycles. The van der Waals surface area contributed by atoms with Gasteiger partial charge in [-0.1, -0.05) is 42.8 Å². The number of oxazole rings is 1. The number of nitrogens with zero attached hydrogens (tertiary/aromatic N) is 2. The van der Waals surface area contributed by atoms with Crippen LogP contribution in [0.25, 0.3) is 11.3 Å². The van der Waals surface area contributed by atoms with E-state index in [4.69, 9.17) is 16.0 Å². The molecule has 5 nitrogen and oxygen atoms in total. The average Bonchev–Trinajstić information content (AvgIpc) is 3.28. The van der Waals surface area contributed by atoms with Crippen molar-refractivity contribution in [1.29, 1.82) is 0 Å². The normalized spacial score (nSPS) is 15.1. The van der Waals surface area contributed by atoms with E-state index in [2.05, 4.69) is 46.4 Å². The zero-order valence-electron chi connectivity index (χ0n) is 18.5. The summed E-state index contributed by atoms with van der Waals surface area (Å²) < 4.78 is 5.77. The molecule has 0 spiro atoms. The van der Waals surface area contributed by atoms with Crippen LogP contribution >= 0.6 is 11.6 Å². The van der Waals surface area contributed by atoms with Crippen LogP contribution in [-0.4, -0.2) is 28.9 Å². The molecule has 4 rings (SSSR count). The summed E-state index contributed by atoms with van der Waals surface area (Å²) in [5.74, 6) is 2.08. The molecule has 0 radical (unpaired) electrons. The molecular weight excluding hydrogens is 422 g/mol. The van der Waals surface area contributed by atoms with Crippen LogP contribution in [0.4, 0.5) is 0 Å². The molecule has 0 bridgehead atoms. The van der Waals surface area contributed by atoms with Crippen LogP contribution < -0.4 is 5.32 Å². The van der Waals surface area contributed by atoms with Gasteiger partial charge in [-0.2, -0.15) is 0 Å². The minimum atomic E-state index is -0.0113. The topological polar surface area (TPSA) is 58.4 Å². The van der Waals surface area contributed by atoms with Crippen LogP contribution in [0, 0.1) is 5.92 Å². The van der Waals surface area contributed by atoms with Gasteiger partial charge < -0.3 is 9.73 Å². The monoisotopic (exact) mass is 451 g/mol. The van der Waals surface area contributed by atoms with E-state index in [1.54, 1.807) is 6.20 Å². The number of hydrogen-bond donors (Lipinski definition) is 1. The summed E-state index contributed by atoms with van der Waals surface area (Å²) in [5, 5.41) is 3.66. The third kappa shape index (κ3) is 6.44. The Morgan fingerprint density at radius 2 is 1.78 bits per heavy atom. The van der Waals surface area contributed by atoms with Crippen molar-refractivity contribution in [2.75, 3.05) is 13.1 Å². The molecule has 1 fully saturated rings. The number of piperidine rings is 1. The number of benzene rings is 2. The van der Waals surface area contributed by atoms with E-state index >= 15 is 0 Å². The largest absolute Gasteiger partial charge is 0.441 e. The second-order valence-corrected chi connectivity index (χ2v) is 9.11. The number of aryl methyl sites for hydroxylation is 1. The summed E-state index contributed by atoms with van der Waals surface area (Å²) >= 11 is 5.92. The molecule has 1 N–H and O–H groups in total. The third-order valence-corrected chi connectivity index (χ3v) is 6.30. The van der Waals surface area contributed by atoms with Gasteiger partial charge in [0, 0.05) is 36.5 Å². The SMILES string of the molecule is CC1CCN(Cc2ccc(CNC(=O)CCc3ncc(-c4ccc(Cl)cc4)o3)cc2)CC1. The van der Waals surface area contributed by atoms with Crippen molar-refractivity contribution in [3.8, 4) is 11.3 Å². The quantitative estimate of drug-likeness (QED) is 0.493. The predicted molar refractivity (Wildman–Crippen MR) is 127 cm³/mol. The smallest absolute Gasteiger partial charge is 0.220 e. The highest BCUT2D eigenvalue weighted by Crippen LogP contribution is 2.23. The first-order chi connectivity index (χ1) is 15.5. The molecule has 0 saturated carbocycles. The number of halogens is 1. The molecule has 1 aliphatic rings. The van der Waals surface area contributed by atoms with E-state index in [-0.39, 0.29) is 5.91 Å². The predicted octanol–water partition coefficient (Wildman–Crippen LogP) is 5.48. The number of carbonyl (C=O) groups is 1. The minimum absolute atomic E-state index is 0.0113. The van der Waals surface area contributed by atoms with E-state index < -0.39 is 0 Å². The highest BCUT2D eigenvalue weighted by molar-refractivity contribution is 6.30. The summed E-state index contributed by atoms with van der Waals surface area (Å²) in [5.41, 5.74) is 3.35. The molecule has 1 aromatic heterocycles. The van der Waals surface area contributed by atoms with E-state index in [1.165, 1.54) is 31.5 Å². The van der Waals surface area contributed by atoms with Crippen molar-refractivity contribution in [2.24, 2.45) is 5.92 Å². The standard InChI is InChI=1S/C26H30ClN3O2/c1-19-12-14-30(15-13-19)18-21-4-2-20(3-5-21)16-28-25(31)10-11-26-29-17-24(32-26)22-6-8-23(27)9-7-22/h2-9,17,19H,10-16,18H2,1H3,(H,28,31). The van der Waals surface area contributed by atoms with Crippen LogP contribution in [0.2, 0.25) is 5.02 Å². The zero-order chi connectivity index (χ0) is 22.3. The van der Waals surface area contributed by atoms with Crippen molar-refractivity contribution < 1.29 is 9.21 Å². The van der Waals surface area contributed by atoms with Crippen molar-refractivity contribution in [3.05, 3.63) is 76.8 Å². The summed E-state index contributed by atoms with van der Waals surface area (Å²) in [7, 11) is 0. The van der Waals surface area contributed by atoms with Crippen molar-refractivity contribution >= 4 is 17.5 Å². The number of amides is 1. The summed E-state index contributed by atoms with van der Waals surface area (Å²) in [6, 6.07) is 16.0. The average molecular weight is 452 g/mol. The van der Waals surface area contributed by atoms with Gasteiger partial charge in [-0.05, 0) is 67.2 Å². The minimum Gasteiger partial charge on any atom is -0.441 e. The molecule has 0 unspecified atom stereocenters. The van der Waals surface area contributed by atoms with Crippen LogP contribution in [0.1, 0.15) is 43.2 Å². The molecule has 1 saturated heterocycles. The summed E-state index contributed by atoms with van der Waals surface area (Å²) in [4.78, 5) is 19.1. The summed E-state index contributed by atoms with van der Waals surface area (Å²) in [6.45, 7) is 6.25. The lowest BCUT2D eigenvalue weighted by atomic mass is 9.99. The number of nitrogens with one attached hydrogen (secondary N) is 1. The van der Waals surface area contributed by atoms with Gasteiger partial charge in [0.2, 0.25) is 5.91 Å². The number of rotatable bonds is 8. The first kappa shape index (κ1) is 22.6. The maximum absolute atomic E-state index is 12.3. The van der Waals surface area contributed by atoms with Gasteiger partial charge in [0.25, 0.3) is 0 Å². The fourth-order valence-corrected chi connectivity index (χ4v) is 4.05. The Bertz CT molecular complexity index is 1010. The molecule has 6 heteroatoms. The van der Waals surface area contributed by atoms with E-state index in [9.17, 15) is 4.79 Å². The zero-order valence-corrected chi connectivity index (χ0v) is 19.3. The fraction of sp³-hybridized carbons (Fsp3) is 0.385. The van der Waals surface area contributed by atoms with Crippen LogP contribution in [0.5, 0.6) is 0 Å². The Labute approximate surface area is 194 Å². The number of likely N-dealkylation sites (tertiary alicyclic amines) is 1. The van der Waals surface area contributed by atoms with Gasteiger partial charge in [0.05, 0.1) is 6.20 Å². The Morgan fingerprint density at radius 1 is 1.09 bits per heavy atom. The Hall–Kier alpha value is -2.63. The van der Waals surface area contributed by atoms with Crippen LogP contribution in [0.3, 0.4) is 0 Å². The molecule has 0 atom stereocenters. The lowest BCUT2D eigenvalue weighted by Crippen LogP contribution is -2.32. The first-order valence-corrected chi connectivity index (χ1v) is 11.7. The third-order valence-electron chi connectivity index (χ3n) is 6.04. The van der Waals surface area contributed by atoms with Gasteiger partial charge >= 0.3 is 0 Å². The van der Waals surface area contributed by atoms with Gasteiger partial charge in [-0.25, -0.2) is 4.98 Å². The van der Waals surface area contributed by atoms with Gasteiger partial charge in [0.1, 0.15) is 0 Å². The second-order valence-electron chi connectivity index (χ2n) is 8.68. The van der Waals surface area contributed by atoms with E-state index in [0.29, 0.717) is 36.1 Å². The second kappa shape index (κ2) is 10.8. The van der Waals surface area contributed by atoms with Crippen molar-refractivity contribution in [1.82, 2.24) is 15.2 Å².